The topological polar surface area (TPSA) is 75.1 Å². The summed E-state index contributed by atoms with van der Waals surface area (Å²) in [6, 6.07) is 9.11. The molecule has 2 N–H and O–H groups in total. The smallest absolute Gasteiger partial charge is 0.333 e. The van der Waals surface area contributed by atoms with E-state index in [1.54, 1.807) is 19.1 Å². The van der Waals surface area contributed by atoms with Gasteiger partial charge < -0.3 is 10.4 Å². The van der Waals surface area contributed by atoms with Gasteiger partial charge in [-0.2, -0.15) is 4.37 Å². The highest BCUT2D eigenvalue weighted by Gasteiger charge is 2.36. The summed E-state index contributed by atoms with van der Waals surface area (Å²) in [7, 11) is 0. The van der Waals surface area contributed by atoms with Crippen molar-refractivity contribution in [2.45, 2.75) is 31.2 Å². The Bertz CT molecular complexity index is 624. The number of rotatable bonds is 5. The quantitative estimate of drug-likeness (QED) is 0.885. The molecular formula is C14H15N3O2S. The van der Waals surface area contributed by atoms with Crippen LogP contribution in [0.15, 0.2) is 30.3 Å². The number of benzene rings is 1. The fraction of sp³-hybridized carbons (Fsp3) is 0.357. The first-order valence-corrected chi connectivity index (χ1v) is 7.27. The largest absolute Gasteiger partial charge is 0.479 e. The highest BCUT2D eigenvalue weighted by atomic mass is 32.1. The maximum Gasteiger partial charge on any atom is 0.333 e. The first-order valence-electron chi connectivity index (χ1n) is 6.50. The van der Waals surface area contributed by atoms with Gasteiger partial charge in [-0.25, -0.2) is 9.78 Å². The summed E-state index contributed by atoms with van der Waals surface area (Å²) in [4.78, 5) is 16.1. The molecule has 0 spiro atoms. The van der Waals surface area contributed by atoms with E-state index < -0.39 is 11.5 Å². The summed E-state index contributed by atoms with van der Waals surface area (Å²) < 4.78 is 4.29. The SMILES string of the molecule is CC(Nc1nc(C2CC2)ns1)(C(=O)O)c1ccccc1. The Hall–Kier alpha value is -1.95. The molecular weight excluding hydrogens is 274 g/mol. The van der Waals surface area contributed by atoms with Crippen LogP contribution in [0.1, 0.15) is 37.1 Å². The third-order valence-corrected chi connectivity index (χ3v) is 4.16. The van der Waals surface area contributed by atoms with Crippen LogP contribution in [0.2, 0.25) is 0 Å². The van der Waals surface area contributed by atoms with Gasteiger partial charge in [-0.1, -0.05) is 30.3 Å². The molecule has 1 aromatic heterocycles. The van der Waals surface area contributed by atoms with E-state index in [-0.39, 0.29) is 0 Å². The Morgan fingerprint density at radius 1 is 1.40 bits per heavy atom. The van der Waals surface area contributed by atoms with Gasteiger partial charge in [0, 0.05) is 17.5 Å². The number of carboxylic acids is 1. The molecule has 1 saturated carbocycles. The molecule has 0 saturated heterocycles. The molecule has 0 bridgehead atoms. The molecule has 2 aromatic rings. The predicted octanol–water partition coefficient (Wildman–Crippen LogP) is 2.83. The second-order valence-corrected chi connectivity index (χ2v) is 5.91. The van der Waals surface area contributed by atoms with Crippen molar-refractivity contribution in [1.29, 1.82) is 0 Å². The van der Waals surface area contributed by atoms with Crippen LogP contribution >= 0.6 is 11.5 Å². The zero-order valence-electron chi connectivity index (χ0n) is 11.0. The molecule has 1 aromatic carbocycles. The number of carboxylic acid groups (broad SMARTS) is 1. The van der Waals surface area contributed by atoms with Crippen molar-refractivity contribution >= 4 is 22.6 Å². The lowest BCUT2D eigenvalue weighted by Gasteiger charge is -2.26. The zero-order chi connectivity index (χ0) is 14.2. The average molecular weight is 289 g/mol. The van der Waals surface area contributed by atoms with Crippen LogP contribution in [0, 0.1) is 0 Å². The maximum absolute atomic E-state index is 11.7. The molecule has 1 heterocycles. The van der Waals surface area contributed by atoms with Crippen molar-refractivity contribution in [2.24, 2.45) is 0 Å². The van der Waals surface area contributed by atoms with Gasteiger partial charge in [0.2, 0.25) is 5.13 Å². The second-order valence-electron chi connectivity index (χ2n) is 5.15. The zero-order valence-corrected chi connectivity index (χ0v) is 11.9. The summed E-state index contributed by atoms with van der Waals surface area (Å²) in [5.41, 5.74) is -0.516. The molecule has 104 valence electrons. The fourth-order valence-electron chi connectivity index (χ4n) is 2.03. The summed E-state index contributed by atoms with van der Waals surface area (Å²) in [5.74, 6) is 0.361. The van der Waals surface area contributed by atoms with Gasteiger partial charge in [0.05, 0.1) is 0 Å². The number of aliphatic carboxylic acids is 1. The molecule has 20 heavy (non-hydrogen) atoms. The summed E-state index contributed by atoms with van der Waals surface area (Å²) in [5, 5.41) is 13.1. The fourth-order valence-corrected chi connectivity index (χ4v) is 2.78. The maximum atomic E-state index is 11.7. The van der Waals surface area contributed by atoms with Gasteiger partial charge in [-0.15, -0.1) is 0 Å². The lowest BCUT2D eigenvalue weighted by molar-refractivity contribution is -0.142. The number of aromatic nitrogens is 2. The minimum Gasteiger partial charge on any atom is -0.479 e. The van der Waals surface area contributed by atoms with Crippen molar-refractivity contribution < 1.29 is 9.90 Å². The lowest BCUT2D eigenvalue weighted by Crippen LogP contribution is -2.40. The molecule has 0 radical (unpaired) electrons. The van der Waals surface area contributed by atoms with Crippen LogP contribution < -0.4 is 5.32 Å². The average Bonchev–Trinajstić information content (AvgIpc) is 3.20. The Morgan fingerprint density at radius 3 is 2.70 bits per heavy atom. The summed E-state index contributed by atoms with van der Waals surface area (Å²) >= 11 is 1.22. The van der Waals surface area contributed by atoms with E-state index in [1.807, 2.05) is 18.2 Å². The van der Waals surface area contributed by atoms with E-state index in [0.717, 1.165) is 18.7 Å². The van der Waals surface area contributed by atoms with Gasteiger partial charge in [0.1, 0.15) is 5.82 Å². The third kappa shape index (κ3) is 2.38. The van der Waals surface area contributed by atoms with Gasteiger partial charge in [-0.05, 0) is 25.3 Å². The van der Waals surface area contributed by atoms with Crippen molar-refractivity contribution in [3.05, 3.63) is 41.7 Å². The summed E-state index contributed by atoms with van der Waals surface area (Å²) in [6.07, 6.45) is 2.26. The van der Waals surface area contributed by atoms with Crippen LogP contribution in [-0.4, -0.2) is 20.4 Å². The van der Waals surface area contributed by atoms with Crippen molar-refractivity contribution in [2.75, 3.05) is 5.32 Å². The second kappa shape index (κ2) is 4.86. The van der Waals surface area contributed by atoms with Crippen LogP contribution in [0.5, 0.6) is 0 Å². The Kier molecular flexibility index (Phi) is 3.17. The minimum atomic E-state index is -1.21. The molecule has 5 nitrogen and oxygen atoms in total. The highest BCUT2D eigenvalue weighted by Crippen LogP contribution is 2.39. The molecule has 0 aliphatic heterocycles. The number of nitrogens with zero attached hydrogens (tertiary/aromatic N) is 2. The van der Waals surface area contributed by atoms with E-state index in [4.69, 9.17) is 0 Å². The molecule has 6 heteroatoms. The molecule has 0 amide bonds. The molecule has 1 fully saturated rings. The number of hydrogen-bond acceptors (Lipinski definition) is 5. The minimum absolute atomic E-state index is 0.467. The number of carbonyl (C=O) groups is 1. The van der Waals surface area contributed by atoms with Crippen LogP contribution in [0.4, 0.5) is 5.13 Å². The molecule has 1 unspecified atom stereocenters. The van der Waals surface area contributed by atoms with E-state index in [1.165, 1.54) is 11.5 Å². The standard InChI is InChI=1S/C14H15N3O2S/c1-14(12(18)19,10-5-3-2-4-6-10)16-13-15-11(17-20-13)9-7-8-9/h2-6,9H,7-8H2,1H3,(H,18,19)(H,15,16,17). The number of nitrogens with one attached hydrogen (secondary N) is 1. The monoisotopic (exact) mass is 289 g/mol. The van der Waals surface area contributed by atoms with Gasteiger partial charge in [-0.3, -0.25) is 0 Å². The Balaban J connectivity index is 1.88. The number of anilines is 1. The van der Waals surface area contributed by atoms with Crippen LogP contribution in [-0.2, 0) is 10.3 Å². The van der Waals surface area contributed by atoms with Crippen LogP contribution in [0.25, 0.3) is 0 Å². The molecule has 3 rings (SSSR count). The van der Waals surface area contributed by atoms with E-state index in [9.17, 15) is 9.90 Å². The third-order valence-electron chi connectivity index (χ3n) is 3.52. The predicted molar refractivity (Wildman–Crippen MR) is 76.9 cm³/mol. The molecule has 1 aliphatic carbocycles. The molecule has 1 atom stereocenters. The van der Waals surface area contributed by atoms with Crippen molar-refractivity contribution in [3.63, 3.8) is 0 Å². The van der Waals surface area contributed by atoms with E-state index >= 15 is 0 Å². The Morgan fingerprint density at radius 2 is 2.10 bits per heavy atom. The van der Waals surface area contributed by atoms with E-state index in [2.05, 4.69) is 14.7 Å². The summed E-state index contributed by atoms with van der Waals surface area (Å²) in [6.45, 7) is 1.64. The highest BCUT2D eigenvalue weighted by molar-refractivity contribution is 7.09. The van der Waals surface area contributed by atoms with Gasteiger partial charge >= 0.3 is 5.97 Å². The lowest BCUT2D eigenvalue weighted by atomic mass is 9.92. The first kappa shape index (κ1) is 13.1. The van der Waals surface area contributed by atoms with E-state index in [0.29, 0.717) is 16.6 Å². The number of hydrogen-bond donors (Lipinski definition) is 2. The first-order chi connectivity index (χ1) is 9.59. The van der Waals surface area contributed by atoms with Gasteiger partial charge in [0.25, 0.3) is 0 Å². The van der Waals surface area contributed by atoms with Crippen molar-refractivity contribution in [3.8, 4) is 0 Å². The van der Waals surface area contributed by atoms with Gasteiger partial charge in [0.15, 0.2) is 5.54 Å². The Labute approximate surface area is 120 Å². The normalized spacial score (nSPS) is 17.4. The molecule has 1 aliphatic rings. The van der Waals surface area contributed by atoms with Crippen LogP contribution in [0.3, 0.4) is 0 Å². The van der Waals surface area contributed by atoms with Crippen molar-refractivity contribution in [1.82, 2.24) is 9.36 Å².